The molecule has 0 spiro atoms. The van der Waals surface area contributed by atoms with E-state index in [2.05, 4.69) is 15.6 Å². The van der Waals surface area contributed by atoms with Crippen LogP contribution in [0.3, 0.4) is 0 Å². The summed E-state index contributed by atoms with van der Waals surface area (Å²) >= 11 is 1.58. The molecule has 0 bridgehead atoms. The van der Waals surface area contributed by atoms with Crippen LogP contribution >= 0.6 is 11.3 Å². The number of ether oxygens (including phenoxy) is 1. The molecule has 2 aliphatic rings. The summed E-state index contributed by atoms with van der Waals surface area (Å²) in [7, 11) is 0. The highest BCUT2D eigenvalue weighted by Gasteiger charge is 2.44. The first-order valence-corrected chi connectivity index (χ1v) is 15.6. The molecule has 3 heterocycles. The molecule has 11 heteroatoms. The van der Waals surface area contributed by atoms with Gasteiger partial charge >= 0.3 is 0 Å². The molecule has 10 nitrogen and oxygen atoms in total. The number of piperidine rings is 1. The Kier molecular flexibility index (Phi) is 10.3. The van der Waals surface area contributed by atoms with Crippen molar-refractivity contribution in [1.29, 1.82) is 0 Å². The van der Waals surface area contributed by atoms with Gasteiger partial charge in [-0.15, -0.1) is 11.3 Å². The van der Waals surface area contributed by atoms with Gasteiger partial charge in [0.15, 0.2) is 0 Å². The van der Waals surface area contributed by atoms with E-state index in [0.29, 0.717) is 25.6 Å². The molecule has 230 valence electrons. The first-order valence-electron chi connectivity index (χ1n) is 15.2. The maximum absolute atomic E-state index is 13.8. The number of amides is 3. The number of β-amino-alcohol motifs (C(OH)–C–C–N with tert-alkyl or cyclic N) is 1. The van der Waals surface area contributed by atoms with Crippen LogP contribution in [0.15, 0.2) is 29.8 Å². The van der Waals surface area contributed by atoms with Gasteiger partial charge in [-0.1, -0.05) is 45.0 Å². The average molecular weight is 601 g/mol. The van der Waals surface area contributed by atoms with Crippen molar-refractivity contribution in [2.45, 2.75) is 78.1 Å². The molecule has 2 aromatic rings. The van der Waals surface area contributed by atoms with Crippen molar-refractivity contribution >= 4 is 29.1 Å². The molecule has 4 rings (SSSR count). The van der Waals surface area contributed by atoms with Gasteiger partial charge in [-0.2, -0.15) is 0 Å². The van der Waals surface area contributed by atoms with E-state index in [1.807, 2.05) is 64.4 Å². The van der Waals surface area contributed by atoms with Crippen LogP contribution in [0.4, 0.5) is 0 Å². The minimum Gasteiger partial charge on any atom is -0.391 e. The van der Waals surface area contributed by atoms with Gasteiger partial charge in [0.05, 0.1) is 34.8 Å². The van der Waals surface area contributed by atoms with Gasteiger partial charge in [0.2, 0.25) is 17.7 Å². The predicted octanol–water partition coefficient (Wildman–Crippen LogP) is 2.80. The lowest BCUT2D eigenvalue weighted by atomic mass is 9.85. The average Bonchev–Trinajstić information content (AvgIpc) is 3.57. The number of benzene rings is 1. The Morgan fingerprint density at radius 3 is 2.52 bits per heavy atom. The molecular weight excluding hydrogens is 554 g/mol. The van der Waals surface area contributed by atoms with Crippen molar-refractivity contribution < 1.29 is 25.6 Å². The maximum atomic E-state index is 13.8. The highest BCUT2D eigenvalue weighted by atomic mass is 32.1. The summed E-state index contributed by atoms with van der Waals surface area (Å²) in [5.74, 6) is -0.849. The Balaban J connectivity index is 1.36. The Bertz CT molecular complexity index is 1260. The number of aliphatic hydroxyl groups excluding tert-OH is 1. The molecule has 2 aliphatic heterocycles. The number of carbonyl (C=O) groups is 3. The van der Waals surface area contributed by atoms with E-state index in [1.165, 1.54) is 10.2 Å². The highest BCUT2D eigenvalue weighted by molar-refractivity contribution is 7.13. The topological polar surface area (TPSA) is 133 Å². The SMILES string of the molecule is [2H]N1CCC(COCC(=O)N[C@H](C(=O)N2C[C@H](O)C[C@H]2C(=O)N[C@@H](C)c2ccc(-c3scnc3C)cc2)C(C)(C)C)CC1. The van der Waals surface area contributed by atoms with Gasteiger partial charge in [0.25, 0.3) is 0 Å². The number of nitrogens with zero attached hydrogens (tertiary/aromatic N) is 2. The molecule has 0 radical (unpaired) electrons. The van der Waals surface area contributed by atoms with Crippen molar-refractivity contribution in [3.63, 3.8) is 0 Å². The van der Waals surface area contributed by atoms with Crippen molar-refractivity contribution in [2.75, 3.05) is 32.8 Å². The molecule has 4 N–H and O–H groups in total. The van der Waals surface area contributed by atoms with Crippen LogP contribution in [0.25, 0.3) is 10.4 Å². The van der Waals surface area contributed by atoms with Crippen molar-refractivity contribution in [3.8, 4) is 10.4 Å². The standard InChI is InChI=1S/C31H45N5O5S/c1-19(22-6-8-23(9-7-22)27-20(2)33-18-42-27)34-29(39)25-14-24(37)15-36(25)30(40)28(31(3,4)5)35-26(38)17-41-16-21-10-12-32-13-11-21/h6-9,18-19,21,24-25,28,32,37H,10-17H2,1-5H3,(H,34,39)(H,35,38)/t19-,24+,25-,28+/m0/s1/i/hD. The number of rotatable bonds is 10. The van der Waals surface area contributed by atoms with Crippen molar-refractivity contribution in [2.24, 2.45) is 11.3 Å². The fraction of sp³-hybridized carbons (Fsp3) is 0.613. The van der Waals surface area contributed by atoms with Crippen molar-refractivity contribution in [1.82, 2.24) is 25.8 Å². The molecule has 0 aliphatic carbocycles. The zero-order chi connectivity index (χ0) is 31.3. The van der Waals surface area contributed by atoms with E-state index in [4.69, 9.17) is 6.15 Å². The number of nitrogens with one attached hydrogen (secondary N) is 3. The van der Waals surface area contributed by atoms with E-state index in [1.54, 1.807) is 11.3 Å². The fourth-order valence-electron chi connectivity index (χ4n) is 5.51. The van der Waals surface area contributed by atoms with Crippen LogP contribution in [-0.2, 0) is 19.1 Å². The van der Waals surface area contributed by atoms with Gasteiger partial charge in [-0.25, -0.2) is 4.98 Å². The van der Waals surface area contributed by atoms with Crippen LogP contribution < -0.4 is 15.9 Å². The highest BCUT2D eigenvalue weighted by Crippen LogP contribution is 2.29. The predicted molar refractivity (Wildman–Crippen MR) is 163 cm³/mol. The molecule has 4 atom stereocenters. The minimum absolute atomic E-state index is 0.0157. The molecule has 1 aromatic carbocycles. The van der Waals surface area contributed by atoms with E-state index >= 15 is 0 Å². The molecule has 2 fully saturated rings. The first kappa shape index (κ1) is 30.6. The number of aromatic nitrogens is 1. The molecular formula is C31H45N5O5S. The van der Waals surface area contributed by atoms with Crippen LogP contribution in [0.1, 0.15) is 64.3 Å². The summed E-state index contributed by atoms with van der Waals surface area (Å²) in [6.07, 6.45) is 0.988. The lowest BCUT2D eigenvalue weighted by Crippen LogP contribution is -2.58. The van der Waals surface area contributed by atoms with E-state index in [0.717, 1.165) is 34.5 Å². The summed E-state index contributed by atoms with van der Waals surface area (Å²) in [5, 5.41) is 17.9. The molecule has 42 heavy (non-hydrogen) atoms. The third-order valence-electron chi connectivity index (χ3n) is 8.04. The second-order valence-electron chi connectivity index (χ2n) is 12.5. The maximum Gasteiger partial charge on any atom is 0.246 e. The molecule has 2 saturated heterocycles. The zero-order valence-corrected chi connectivity index (χ0v) is 26.1. The van der Waals surface area contributed by atoms with Crippen molar-refractivity contribution in [3.05, 3.63) is 41.0 Å². The molecule has 0 unspecified atom stereocenters. The quantitative estimate of drug-likeness (QED) is 0.330. The number of likely N-dealkylation sites (tertiary alicyclic amines) is 1. The Labute approximate surface area is 254 Å². The van der Waals surface area contributed by atoms with Crippen LogP contribution in [-0.4, -0.2) is 83.7 Å². The second-order valence-corrected chi connectivity index (χ2v) is 13.4. The monoisotopic (exact) mass is 600 g/mol. The largest absolute Gasteiger partial charge is 0.391 e. The third kappa shape index (κ3) is 8.15. The number of carbonyl (C=O) groups excluding carboxylic acids is 3. The Morgan fingerprint density at radius 2 is 1.90 bits per heavy atom. The van der Waals surface area contributed by atoms with Crippen LogP contribution in [0, 0.1) is 18.3 Å². The molecule has 1 aromatic heterocycles. The molecule has 0 saturated carbocycles. The van der Waals surface area contributed by atoms with Gasteiger partial charge < -0.3 is 30.7 Å². The number of hydrogen-bond acceptors (Lipinski definition) is 8. The van der Waals surface area contributed by atoms with Gasteiger partial charge in [0.1, 0.15) is 20.1 Å². The zero-order valence-electron chi connectivity index (χ0n) is 26.3. The van der Waals surface area contributed by atoms with E-state index < -0.39 is 35.4 Å². The summed E-state index contributed by atoms with van der Waals surface area (Å²) in [4.78, 5) is 46.9. The second kappa shape index (κ2) is 14.1. The number of aryl methyl sites for hydroxylation is 1. The number of aliphatic hydroxyl groups is 1. The lowest BCUT2D eigenvalue weighted by Gasteiger charge is -2.35. The summed E-state index contributed by atoms with van der Waals surface area (Å²) in [5.41, 5.74) is 4.13. The van der Waals surface area contributed by atoms with Gasteiger partial charge in [-0.3, -0.25) is 14.4 Å². The van der Waals surface area contributed by atoms with E-state index in [-0.39, 0.29) is 31.5 Å². The van der Waals surface area contributed by atoms with Crippen LogP contribution in [0.5, 0.6) is 0 Å². The minimum atomic E-state index is -0.907. The van der Waals surface area contributed by atoms with Gasteiger partial charge in [-0.05, 0) is 62.2 Å². The summed E-state index contributed by atoms with van der Waals surface area (Å²) in [6, 6.07) is 5.88. The third-order valence-corrected chi connectivity index (χ3v) is 9.02. The van der Waals surface area contributed by atoms with E-state index in [9.17, 15) is 19.5 Å². The number of hydrogen-bond donors (Lipinski definition) is 4. The van der Waals surface area contributed by atoms with Gasteiger partial charge in [0, 0.05) is 13.0 Å². The fourth-order valence-corrected chi connectivity index (χ4v) is 6.32. The first-order chi connectivity index (χ1) is 20.3. The van der Waals surface area contributed by atoms with Crippen LogP contribution in [0.2, 0.25) is 1.41 Å². The summed E-state index contributed by atoms with van der Waals surface area (Å²) in [6.45, 7) is 11.1. The Morgan fingerprint density at radius 1 is 1.21 bits per heavy atom. The Hall–Kier alpha value is -2.86. The normalized spacial score (nSPS) is 22.0. The summed E-state index contributed by atoms with van der Waals surface area (Å²) < 4.78 is 13.3. The lowest BCUT2D eigenvalue weighted by molar-refractivity contribution is -0.144. The molecule has 3 amide bonds. The number of thiazole rings is 1. The smallest absolute Gasteiger partial charge is 0.246 e.